The van der Waals surface area contributed by atoms with Gasteiger partial charge in [-0.05, 0) is 6.42 Å². The van der Waals surface area contributed by atoms with Crippen LogP contribution in [0.25, 0.3) is 0 Å². The molecule has 0 spiro atoms. The lowest BCUT2D eigenvalue weighted by atomic mass is 10.2. The number of carboxylic acid groups (broad SMARTS) is 2. The molecule has 0 bridgehead atoms. The van der Waals surface area contributed by atoms with Gasteiger partial charge in [0.05, 0.1) is 0 Å². The van der Waals surface area contributed by atoms with Crippen molar-refractivity contribution in [2.45, 2.75) is 18.9 Å². The molecular weight excluding hydrogens is 250 g/mol. The number of urea groups is 2. The van der Waals surface area contributed by atoms with Crippen LogP contribution < -0.4 is 28.7 Å². The van der Waals surface area contributed by atoms with Crippen molar-refractivity contribution < 1.29 is 29.4 Å². The van der Waals surface area contributed by atoms with Crippen molar-refractivity contribution in [3.05, 3.63) is 0 Å². The number of carboxylic acids is 2. The highest BCUT2D eigenvalue weighted by atomic mass is 16.4. The Hall–Kier alpha value is -2.56. The summed E-state index contributed by atoms with van der Waals surface area (Å²) in [4.78, 5) is 37.9. The number of rotatable bonds is 4. The average Bonchev–Trinajstić information content (AvgIpc) is 2.11. The van der Waals surface area contributed by atoms with Gasteiger partial charge in [0.2, 0.25) is 0 Å². The number of carbonyl (C=O) groups is 4. The Morgan fingerprint density at radius 1 is 0.889 bits per heavy atom. The molecule has 0 fully saturated rings. The van der Waals surface area contributed by atoms with Crippen LogP contribution in [0, 0.1) is 0 Å². The summed E-state index contributed by atoms with van der Waals surface area (Å²) < 4.78 is 0. The van der Waals surface area contributed by atoms with E-state index in [1.54, 1.807) is 0 Å². The SMILES string of the molecule is NC(N)=O.NC(N)=O.N[C@@H](CCC(=O)O)C(=O)O. The van der Waals surface area contributed by atoms with E-state index in [0.717, 1.165) is 0 Å². The van der Waals surface area contributed by atoms with Crippen molar-refractivity contribution in [3.8, 4) is 0 Å². The molecule has 106 valence electrons. The highest BCUT2D eigenvalue weighted by molar-refractivity contribution is 5.74. The lowest BCUT2D eigenvalue weighted by Gasteiger charge is -2.01. The fourth-order valence-electron chi connectivity index (χ4n) is 0.402. The summed E-state index contributed by atoms with van der Waals surface area (Å²) in [6.07, 6.45) is -0.224. The Labute approximate surface area is 102 Å². The van der Waals surface area contributed by atoms with Gasteiger partial charge in [-0.1, -0.05) is 0 Å². The van der Waals surface area contributed by atoms with Gasteiger partial charge < -0.3 is 38.9 Å². The predicted octanol–water partition coefficient (Wildman–Crippen LogP) is -2.69. The number of amides is 4. The molecule has 12 N–H and O–H groups in total. The average molecular weight is 267 g/mol. The van der Waals surface area contributed by atoms with Crippen LogP contribution in [0.5, 0.6) is 0 Å². The molecule has 0 radical (unpaired) electrons. The minimum atomic E-state index is -1.17. The lowest BCUT2D eigenvalue weighted by Crippen LogP contribution is -2.30. The first-order valence-electron chi connectivity index (χ1n) is 4.30. The number of nitrogens with two attached hydrogens (primary N) is 5. The van der Waals surface area contributed by atoms with E-state index in [9.17, 15) is 9.59 Å². The normalized spacial score (nSPS) is 9.61. The smallest absolute Gasteiger partial charge is 0.320 e. The van der Waals surface area contributed by atoms with Gasteiger partial charge in [-0.25, -0.2) is 9.59 Å². The van der Waals surface area contributed by atoms with Crippen molar-refractivity contribution in [1.82, 2.24) is 0 Å². The maximum atomic E-state index is 9.99. The number of hydrogen-bond donors (Lipinski definition) is 7. The van der Waals surface area contributed by atoms with Crippen LogP contribution >= 0.6 is 0 Å². The van der Waals surface area contributed by atoms with Gasteiger partial charge in [0.25, 0.3) is 0 Å². The number of primary amides is 4. The van der Waals surface area contributed by atoms with Crippen molar-refractivity contribution in [3.63, 3.8) is 0 Å². The number of hydrogen-bond acceptors (Lipinski definition) is 5. The summed E-state index contributed by atoms with van der Waals surface area (Å²) in [5, 5.41) is 16.3. The van der Waals surface area contributed by atoms with E-state index in [2.05, 4.69) is 22.9 Å². The molecule has 0 aromatic carbocycles. The largest absolute Gasteiger partial charge is 0.481 e. The number of aliphatic carboxylic acids is 2. The van der Waals surface area contributed by atoms with Crippen LogP contribution in [0.3, 0.4) is 0 Å². The van der Waals surface area contributed by atoms with Gasteiger partial charge >= 0.3 is 24.0 Å². The quantitative estimate of drug-likeness (QED) is 0.284. The molecule has 11 heteroatoms. The van der Waals surface area contributed by atoms with Crippen LogP contribution in [0.1, 0.15) is 12.8 Å². The zero-order valence-corrected chi connectivity index (χ0v) is 9.41. The minimum Gasteiger partial charge on any atom is -0.481 e. The van der Waals surface area contributed by atoms with Crippen LogP contribution in [-0.2, 0) is 9.59 Å². The van der Waals surface area contributed by atoms with E-state index in [1.807, 2.05) is 0 Å². The fourth-order valence-corrected chi connectivity index (χ4v) is 0.402. The van der Waals surface area contributed by atoms with Crippen molar-refractivity contribution in [2.24, 2.45) is 28.7 Å². The summed E-state index contributed by atoms with van der Waals surface area (Å²) in [7, 11) is 0. The molecule has 0 rings (SSSR count). The Balaban J connectivity index is -0.000000233. The topological polar surface area (TPSA) is 239 Å². The first-order chi connectivity index (χ1) is 8.00. The van der Waals surface area contributed by atoms with Gasteiger partial charge in [-0.2, -0.15) is 0 Å². The molecule has 4 amide bonds. The molecule has 11 nitrogen and oxygen atoms in total. The molecule has 0 saturated heterocycles. The van der Waals surface area contributed by atoms with E-state index in [0.29, 0.717) is 0 Å². The molecule has 0 aromatic heterocycles. The van der Waals surface area contributed by atoms with E-state index in [-0.39, 0.29) is 12.8 Å². The third kappa shape index (κ3) is 50.1. The first kappa shape index (κ1) is 20.8. The Morgan fingerprint density at radius 2 is 1.17 bits per heavy atom. The summed E-state index contributed by atoms with van der Waals surface area (Å²) in [5.41, 5.74) is 22.0. The lowest BCUT2D eigenvalue weighted by molar-refractivity contribution is -0.139. The molecule has 0 aliphatic heterocycles. The van der Waals surface area contributed by atoms with Crippen molar-refractivity contribution >= 4 is 24.0 Å². The van der Waals surface area contributed by atoms with Gasteiger partial charge in [0, 0.05) is 6.42 Å². The van der Waals surface area contributed by atoms with Crippen molar-refractivity contribution in [2.75, 3.05) is 0 Å². The Bertz CT molecular complexity index is 274. The molecule has 0 unspecified atom stereocenters. The van der Waals surface area contributed by atoms with Crippen molar-refractivity contribution in [1.29, 1.82) is 0 Å². The predicted molar refractivity (Wildman–Crippen MR) is 60.0 cm³/mol. The zero-order chi connectivity index (χ0) is 15.3. The van der Waals surface area contributed by atoms with Gasteiger partial charge in [0.15, 0.2) is 0 Å². The molecule has 18 heavy (non-hydrogen) atoms. The molecule has 0 aromatic rings. The van der Waals surface area contributed by atoms with Gasteiger partial charge in [0.1, 0.15) is 6.04 Å². The van der Waals surface area contributed by atoms with E-state index in [4.69, 9.17) is 25.5 Å². The molecule has 1 atom stereocenters. The molecule has 0 heterocycles. The maximum absolute atomic E-state index is 9.99. The van der Waals surface area contributed by atoms with E-state index in [1.165, 1.54) is 0 Å². The number of carbonyl (C=O) groups excluding carboxylic acids is 2. The highest BCUT2D eigenvalue weighted by Gasteiger charge is 2.12. The second kappa shape index (κ2) is 12.5. The molecular formula is C7H17N5O6. The monoisotopic (exact) mass is 267 g/mol. The summed E-state index contributed by atoms with van der Waals surface area (Å²) in [6, 6.07) is -2.73. The van der Waals surface area contributed by atoms with Gasteiger partial charge in [-0.3, -0.25) is 9.59 Å². The van der Waals surface area contributed by atoms with Crippen LogP contribution in [0.2, 0.25) is 0 Å². The third-order valence-corrected chi connectivity index (χ3v) is 0.986. The summed E-state index contributed by atoms with van der Waals surface area (Å²) >= 11 is 0. The Morgan fingerprint density at radius 3 is 1.33 bits per heavy atom. The Kier molecular flexibility index (Phi) is 14.5. The van der Waals surface area contributed by atoms with Crippen LogP contribution in [0.4, 0.5) is 9.59 Å². The van der Waals surface area contributed by atoms with Crippen LogP contribution in [0.15, 0.2) is 0 Å². The maximum Gasteiger partial charge on any atom is 0.320 e. The molecule has 0 aliphatic carbocycles. The summed E-state index contributed by atoms with van der Waals surface area (Å²) in [5.74, 6) is -2.20. The van der Waals surface area contributed by atoms with Gasteiger partial charge in [-0.15, -0.1) is 0 Å². The second-order valence-corrected chi connectivity index (χ2v) is 2.68. The van der Waals surface area contributed by atoms with E-state index < -0.39 is 30.0 Å². The molecule has 0 saturated carbocycles. The third-order valence-electron chi connectivity index (χ3n) is 0.986. The standard InChI is InChI=1S/C5H9NO4.2CH4N2O/c6-3(5(9)10)1-2-4(7)8;2*2-1(3)4/h3H,1-2,6H2,(H,7,8)(H,9,10);2*(H4,2,3,4)/t3-;;/m0../s1. The van der Waals surface area contributed by atoms with Crippen LogP contribution in [-0.4, -0.2) is 40.3 Å². The minimum absolute atomic E-state index is 0.0231. The van der Waals surface area contributed by atoms with E-state index >= 15 is 0 Å². The fraction of sp³-hybridized carbons (Fsp3) is 0.429. The summed E-state index contributed by atoms with van der Waals surface area (Å²) in [6.45, 7) is 0. The zero-order valence-electron chi connectivity index (χ0n) is 9.41. The highest BCUT2D eigenvalue weighted by Crippen LogP contribution is 1.93. The second-order valence-electron chi connectivity index (χ2n) is 2.68. The first-order valence-corrected chi connectivity index (χ1v) is 4.30. The molecule has 0 aliphatic rings.